The van der Waals surface area contributed by atoms with E-state index in [2.05, 4.69) is 5.32 Å². The van der Waals surface area contributed by atoms with Gasteiger partial charge in [-0.15, -0.1) is 0 Å². The molecule has 1 aliphatic heterocycles. The van der Waals surface area contributed by atoms with Gasteiger partial charge in [-0.2, -0.15) is 4.31 Å². The van der Waals surface area contributed by atoms with E-state index in [1.807, 2.05) is 19.9 Å². The summed E-state index contributed by atoms with van der Waals surface area (Å²) in [5.41, 5.74) is 1.45. The number of benzene rings is 2. The van der Waals surface area contributed by atoms with E-state index in [-0.39, 0.29) is 22.5 Å². The van der Waals surface area contributed by atoms with E-state index in [0.29, 0.717) is 43.3 Å². The molecule has 156 valence electrons. The van der Waals surface area contributed by atoms with Crippen molar-refractivity contribution in [1.29, 1.82) is 0 Å². The summed E-state index contributed by atoms with van der Waals surface area (Å²) in [6.45, 7) is 6.92. The number of nitrogens with one attached hydrogen (secondary N) is 1. The highest BCUT2D eigenvalue weighted by Gasteiger charge is 2.28. The Morgan fingerprint density at radius 3 is 2.55 bits per heavy atom. The van der Waals surface area contributed by atoms with E-state index in [4.69, 9.17) is 9.47 Å². The minimum atomic E-state index is -3.69. The average molecular weight is 419 g/mol. The van der Waals surface area contributed by atoms with Crippen molar-refractivity contribution in [1.82, 2.24) is 4.31 Å². The molecule has 29 heavy (non-hydrogen) atoms. The predicted octanol–water partition coefficient (Wildman–Crippen LogP) is 3.06. The molecule has 7 nitrogen and oxygen atoms in total. The van der Waals surface area contributed by atoms with Crippen LogP contribution >= 0.6 is 0 Å². The van der Waals surface area contributed by atoms with Crippen molar-refractivity contribution in [3.05, 3.63) is 53.6 Å². The Morgan fingerprint density at radius 1 is 1.14 bits per heavy atom. The molecule has 1 aliphatic rings. The number of morpholine rings is 1. The monoisotopic (exact) mass is 418 g/mol. The first kappa shape index (κ1) is 21.3. The minimum absolute atomic E-state index is 0.0194. The number of aryl methyl sites for hydroxylation is 1. The third kappa shape index (κ3) is 5.14. The Kier molecular flexibility index (Phi) is 6.56. The molecule has 1 heterocycles. The second-order valence-electron chi connectivity index (χ2n) is 7.15. The van der Waals surface area contributed by atoms with Crippen LogP contribution in [-0.2, 0) is 14.8 Å². The zero-order valence-corrected chi connectivity index (χ0v) is 17.7. The SMILES string of the molecule is Cc1ccc(C(=O)Nc2cccc(OC(C)C)c2)cc1S(=O)(=O)N1CCOCC1. The van der Waals surface area contributed by atoms with Crippen molar-refractivity contribution >= 4 is 21.6 Å². The summed E-state index contributed by atoms with van der Waals surface area (Å²) in [6.07, 6.45) is 0.0194. The molecule has 1 amide bonds. The summed E-state index contributed by atoms with van der Waals surface area (Å²) in [7, 11) is -3.69. The number of rotatable bonds is 6. The van der Waals surface area contributed by atoms with Gasteiger partial charge in [-0.25, -0.2) is 8.42 Å². The van der Waals surface area contributed by atoms with Crippen LogP contribution in [0.3, 0.4) is 0 Å². The number of carbonyl (C=O) groups excluding carboxylic acids is 1. The zero-order valence-electron chi connectivity index (χ0n) is 16.8. The van der Waals surface area contributed by atoms with E-state index in [0.717, 1.165) is 0 Å². The van der Waals surface area contributed by atoms with Gasteiger partial charge < -0.3 is 14.8 Å². The summed E-state index contributed by atoms with van der Waals surface area (Å²) >= 11 is 0. The van der Waals surface area contributed by atoms with Crippen LogP contribution in [0.2, 0.25) is 0 Å². The van der Waals surface area contributed by atoms with Crippen molar-refractivity contribution in [3.8, 4) is 5.75 Å². The zero-order chi connectivity index (χ0) is 21.0. The maximum Gasteiger partial charge on any atom is 0.255 e. The number of ether oxygens (including phenoxy) is 2. The van der Waals surface area contributed by atoms with E-state index < -0.39 is 10.0 Å². The molecule has 0 unspecified atom stereocenters. The van der Waals surface area contributed by atoms with Crippen molar-refractivity contribution in [2.75, 3.05) is 31.6 Å². The molecule has 2 aromatic rings. The van der Waals surface area contributed by atoms with Crippen LogP contribution in [0.1, 0.15) is 29.8 Å². The lowest BCUT2D eigenvalue weighted by Gasteiger charge is -2.26. The lowest BCUT2D eigenvalue weighted by atomic mass is 10.1. The molecule has 1 fully saturated rings. The Labute approximate surface area is 171 Å². The van der Waals surface area contributed by atoms with Crippen LogP contribution in [0.15, 0.2) is 47.4 Å². The molecule has 8 heteroatoms. The number of amides is 1. The molecule has 0 radical (unpaired) electrons. The molecule has 3 rings (SSSR count). The van der Waals surface area contributed by atoms with Crippen LogP contribution in [0.25, 0.3) is 0 Å². The molecule has 0 bridgehead atoms. The minimum Gasteiger partial charge on any atom is -0.491 e. The van der Waals surface area contributed by atoms with Gasteiger partial charge in [-0.05, 0) is 50.6 Å². The molecule has 1 saturated heterocycles. The molecule has 0 atom stereocenters. The Morgan fingerprint density at radius 2 is 1.86 bits per heavy atom. The highest BCUT2D eigenvalue weighted by Crippen LogP contribution is 2.24. The van der Waals surface area contributed by atoms with Gasteiger partial charge in [0.25, 0.3) is 5.91 Å². The summed E-state index contributed by atoms with van der Waals surface area (Å²) in [5.74, 6) is 0.266. The normalized spacial score (nSPS) is 15.3. The van der Waals surface area contributed by atoms with Gasteiger partial charge in [-0.3, -0.25) is 4.79 Å². The van der Waals surface area contributed by atoms with Gasteiger partial charge >= 0.3 is 0 Å². The van der Waals surface area contributed by atoms with E-state index >= 15 is 0 Å². The largest absolute Gasteiger partial charge is 0.491 e. The van der Waals surface area contributed by atoms with E-state index in [9.17, 15) is 13.2 Å². The second kappa shape index (κ2) is 8.94. The van der Waals surface area contributed by atoms with Crippen LogP contribution in [-0.4, -0.2) is 51.0 Å². The van der Waals surface area contributed by atoms with Crippen LogP contribution in [0.4, 0.5) is 5.69 Å². The lowest BCUT2D eigenvalue weighted by Crippen LogP contribution is -2.40. The number of sulfonamides is 1. The second-order valence-corrected chi connectivity index (χ2v) is 9.05. The lowest BCUT2D eigenvalue weighted by molar-refractivity contribution is 0.0730. The Hall–Kier alpha value is -2.42. The number of hydrogen-bond donors (Lipinski definition) is 1. The fourth-order valence-corrected chi connectivity index (χ4v) is 4.73. The molecular formula is C21H26N2O5S. The molecule has 0 spiro atoms. The highest BCUT2D eigenvalue weighted by molar-refractivity contribution is 7.89. The van der Waals surface area contributed by atoms with Gasteiger partial charge in [0.05, 0.1) is 24.2 Å². The molecule has 0 aromatic heterocycles. The van der Waals surface area contributed by atoms with E-state index in [1.54, 1.807) is 37.3 Å². The number of carbonyl (C=O) groups is 1. The smallest absolute Gasteiger partial charge is 0.255 e. The molecular weight excluding hydrogens is 392 g/mol. The van der Waals surface area contributed by atoms with Crippen LogP contribution in [0.5, 0.6) is 5.75 Å². The summed E-state index contributed by atoms with van der Waals surface area (Å²) < 4.78 is 38.3. The maximum atomic E-state index is 13.0. The fraction of sp³-hybridized carbons (Fsp3) is 0.381. The number of anilines is 1. The predicted molar refractivity (Wildman–Crippen MR) is 111 cm³/mol. The third-order valence-electron chi connectivity index (χ3n) is 4.50. The first-order valence-electron chi connectivity index (χ1n) is 9.54. The van der Waals surface area contributed by atoms with Gasteiger partial charge in [0, 0.05) is 30.4 Å². The standard InChI is InChI=1S/C21H26N2O5S/c1-15(2)28-19-6-4-5-18(14-19)22-21(24)17-8-7-16(3)20(13-17)29(25,26)23-9-11-27-12-10-23/h4-8,13-15H,9-12H2,1-3H3,(H,22,24). The Bertz CT molecular complexity index is 982. The van der Waals surface area contributed by atoms with Crippen molar-refractivity contribution < 1.29 is 22.7 Å². The van der Waals surface area contributed by atoms with Gasteiger partial charge in [0.2, 0.25) is 10.0 Å². The first-order chi connectivity index (χ1) is 13.8. The van der Waals surface area contributed by atoms with Crippen molar-refractivity contribution in [2.24, 2.45) is 0 Å². The molecule has 2 aromatic carbocycles. The highest BCUT2D eigenvalue weighted by atomic mass is 32.2. The summed E-state index contributed by atoms with van der Waals surface area (Å²) in [5, 5.41) is 2.80. The molecule has 0 saturated carbocycles. The van der Waals surface area contributed by atoms with Crippen LogP contribution < -0.4 is 10.1 Å². The summed E-state index contributed by atoms with van der Waals surface area (Å²) in [6, 6.07) is 11.8. The fourth-order valence-electron chi connectivity index (χ4n) is 3.07. The van der Waals surface area contributed by atoms with Gasteiger partial charge in [-0.1, -0.05) is 12.1 Å². The maximum absolute atomic E-state index is 13.0. The van der Waals surface area contributed by atoms with Crippen molar-refractivity contribution in [3.63, 3.8) is 0 Å². The topological polar surface area (TPSA) is 84.9 Å². The number of hydrogen-bond acceptors (Lipinski definition) is 5. The summed E-state index contributed by atoms with van der Waals surface area (Å²) in [4.78, 5) is 12.9. The first-order valence-corrected chi connectivity index (χ1v) is 11.0. The molecule has 1 N–H and O–H groups in total. The van der Waals surface area contributed by atoms with Gasteiger partial charge in [0.15, 0.2) is 0 Å². The average Bonchev–Trinajstić information content (AvgIpc) is 2.68. The molecule has 0 aliphatic carbocycles. The van der Waals surface area contributed by atoms with Crippen LogP contribution in [0, 0.1) is 6.92 Å². The van der Waals surface area contributed by atoms with Crippen molar-refractivity contribution in [2.45, 2.75) is 31.8 Å². The van der Waals surface area contributed by atoms with Gasteiger partial charge in [0.1, 0.15) is 5.75 Å². The number of nitrogens with zero attached hydrogens (tertiary/aromatic N) is 1. The quantitative estimate of drug-likeness (QED) is 0.779. The van der Waals surface area contributed by atoms with E-state index in [1.165, 1.54) is 10.4 Å². The third-order valence-corrected chi connectivity index (χ3v) is 6.54. The Balaban J connectivity index is 1.83.